The largest absolute Gasteiger partial charge is 0.493 e. The number of rotatable bonds is 4. The molecule has 0 spiro atoms. The molecule has 1 heterocycles. The smallest absolute Gasteiger partial charge is 0.162 e. The van der Waals surface area contributed by atoms with Gasteiger partial charge < -0.3 is 9.84 Å². The average molecular weight is 280 g/mol. The molecular weight excluding hydrogens is 252 g/mol. The maximum absolute atomic E-state index is 11.2. The van der Waals surface area contributed by atoms with E-state index in [2.05, 4.69) is 25.9 Å². The van der Waals surface area contributed by atoms with Gasteiger partial charge in [0.05, 0.1) is 13.3 Å². The molecule has 0 aliphatic heterocycles. The molecule has 1 saturated carbocycles. The van der Waals surface area contributed by atoms with Gasteiger partial charge in [-0.2, -0.15) is 5.10 Å². The lowest BCUT2D eigenvalue weighted by Crippen LogP contribution is -2.29. The first-order chi connectivity index (χ1) is 9.42. The van der Waals surface area contributed by atoms with Gasteiger partial charge in [0, 0.05) is 6.54 Å². The number of aliphatic hydroxyl groups is 1. The third-order valence-electron chi connectivity index (χ3n) is 4.56. The van der Waals surface area contributed by atoms with Crippen molar-refractivity contribution >= 4 is 0 Å². The molecule has 0 saturated heterocycles. The summed E-state index contributed by atoms with van der Waals surface area (Å²) in [6.45, 7) is 7.53. The Bertz CT molecular complexity index is 453. The minimum absolute atomic E-state index is 0.313. The van der Waals surface area contributed by atoms with Crippen LogP contribution in [0.15, 0.2) is 6.20 Å². The van der Waals surface area contributed by atoms with Crippen LogP contribution in [0, 0.1) is 5.41 Å². The molecule has 1 aliphatic carbocycles. The standard InChI is InChI=1S/C16H28N2O2/c1-5-11-18-14(13(20-4)12-17-18)16(19)8-6-7-15(2,3)9-10-16/h12,19H,5-11H2,1-4H3. The van der Waals surface area contributed by atoms with Crippen LogP contribution < -0.4 is 4.74 Å². The minimum Gasteiger partial charge on any atom is -0.493 e. The fourth-order valence-corrected chi connectivity index (χ4v) is 3.26. The van der Waals surface area contributed by atoms with Crippen molar-refractivity contribution in [2.75, 3.05) is 7.11 Å². The summed E-state index contributed by atoms with van der Waals surface area (Å²) in [5.74, 6) is 0.723. The molecule has 4 nitrogen and oxygen atoms in total. The summed E-state index contributed by atoms with van der Waals surface area (Å²) in [4.78, 5) is 0. The van der Waals surface area contributed by atoms with Crippen molar-refractivity contribution in [3.8, 4) is 5.75 Å². The number of methoxy groups -OCH3 is 1. The Balaban J connectivity index is 2.35. The molecule has 1 unspecified atom stereocenters. The second-order valence-corrected chi connectivity index (χ2v) is 6.83. The highest BCUT2D eigenvalue weighted by Gasteiger charge is 2.39. The molecule has 0 aromatic carbocycles. The Hall–Kier alpha value is -1.03. The summed E-state index contributed by atoms with van der Waals surface area (Å²) >= 11 is 0. The maximum atomic E-state index is 11.2. The van der Waals surface area contributed by atoms with Crippen molar-refractivity contribution in [2.24, 2.45) is 5.41 Å². The van der Waals surface area contributed by atoms with Gasteiger partial charge in [0.2, 0.25) is 0 Å². The summed E-state index contributed by atoms with van der Waals surface area (Å²) in [6, 6.07) is 0. The zero-order valence-corrected chi connectivity index (χ0v) is 13.3. The van der Waals surface area contributed by atoms with Crippen LogP contribution in [-0.4, -0.2) is 22.0 Å². The molecule has 0 radical (unpaired) electrons. The third kappa shape index (κ3) is 3.00. The molecule has 0 bridgehead atoms. The van der Waals surface area contributed by atoms with E-state index < -0.39 is 5.60 Å². The monoisotopic (exact) mass is 280 g/mol. The van der Waals surface area contributed by atoms with E-state index in [1.165, 1.54) is 6.42 Å². The lowest BCUT2D eigenvalue weighted by Gasteiger charge is -2.29. The quantitative estimate of drug-likeness (QED) is 0.859. The van der Waals surface area contributed by atoms with Gasteiger partial charge >= 0.3 is 0 Å². The Labute approximate surface area is 122 Å². The lowest BCUT2D eigenvalue weighted by atomic mass is 9.83. The molecule has 1 N–H and O–H groups in total. The number of nitrogens with zero attached hydrogens (tertiary/aromatic N) is 2. The van der Waals surface area contributed by atoms with Gasteiger partial charge in [-0.1, -0.05) is 20.8 Å². The van der Waals surface area contributed by atoms with Crippen LogP contribution in [0.5, 0.6) is 5.75 Å². The Morgan fingerprint density at radius 3 is 2.70 bits per heavy atom. The van der Waals surface area contributed by atoms with Gasteiger partial charge in [-0.05, 0) is 43.9 Å². The molecule has 20 heavy (non-hydrogen) atoms. The summed E-state index contributed by atoms with van der Waals surface area (Å²) in [5.41, 5.74) is 0.387. The van der Waals surface area contributed by atoms with Crippen molar-refractivity contribution in [2.45, 2.75) is 71.4 Å². The Morgan fingerprint density at radius 1 is 1.30 bits per heavy atom. The Kier molecular flexibility index (Phi) is 4.43. The van der Waals surface area contributed by atoms with E-state index in [1.807, 2.05) is 4.68 Å². The number of hydrogen-bond donors (Lipinski definition) is 1. The lowest BCUT2D eigenvalue weighted by molar-refractivity contribution is 0.00705. The first-order valence-corrected chi connectivity index (χ1v) is 7.74. The van der Waals surface area contributed by atoms with Crippen molar-refractivity contribution in [1.82, 2.24) is 9.78 Å². The summed E-state index contributed by atoms with van der Waals surface area (Å²) in [6.07, 6.45) is 7.56. The van der Waals surface area contributed by atoms with E-state index >= 15 is 0 Å². The molecule has 4 heteroatoms. The molecule has 1 atom stereocenters. The third-order valence-corrected chi connectivity index (χ3v) is 4.56. The van der Waals surface area contributed by atoms with Crippen LogP contribution in [0.2, 0.25) is 0 Å². The van der Waals surface area contributed by atoms with E-state index in [1.54, 1.807) is 13.3 Å². The van der Waals surface area contributed by atoms with Crippen LogP contribution in [0.3, 0.4) is 0 Å². The summed E-state index contributed by atoms with van der Waals surface area (Å²) in [7, 11) is 1.65. The predicted octanol–water partition coefficient (Wildman–Crippen LogP) is 3.48. The molecular formula is C16H28N2O2. The fourth-order valence-electron chi connectivity index (χ4n) is 3.26. The van der Waals surface area contributed by atoms with E-state index in [-0.39, 0.29) is 0 Å². The van der Waals surface area contributed by atoms with Gasteiger partial charge in [-0.15, -0.1) is 0 Å². The van der Waals surface area contributed by atoms with Crippen LogP contribution in [0.25, 0.3) is 0 Å². The van der Waals surface area contributed by atoms with Gasteiger partial charge in [0.15, 0.2) is 5.75 Å². The molecule has 1 fully saturated rings. The molecule has 1 aromatic heterocycles. The zero-order chi connectivity index (χ0) is 14.8. The normalized spacial score (nSPS) is 26.2. The fraction of sp³-hybridized carbons (Fsp3) is 0.812. The second-order valence-electron chi connectivity index (χ2n) is 6.83. The van der Waals surface area contributed by atoms with Gasteiger partial charge in [-0.3, -0.25) is 4.68 Å². The number of aromatic nitrogens is 2. The predicted molar refractivity (Wildman–Crippen MR) is 79.8 cm³/mol. The molecule has 0 amide bonds. The maximum Gasteiger partial charge on any atom is 0.162 e. The molecule has 1 aromatic rings. The minimum atomic E-state index is -0.801. The van der Waals surface area contributed by atoms with E-state index in [0.717, 1.165) is 50.1 Å². The first-order valence-electron chi connectivity index (χ1n) is 7.74. The SMILES string of the molecule is CCCn1ncc(OC)c1C1(O)CCCC(C)(C)CC1. The van der Waals surface area contributed by atoms with E-state index in [0.29, 0.717) is 5.41 Å². The van der Waals surface area contributed by atoms with Gasteiger partial charge in [0.1, 0.15) is 11.3 Å². The van der Waals surface area contributed by atoms with Gasteiger partial charge in [-0.25, -0.2) is 0 Å². The molecule has 1 aliphatic rings. The van der Waals surface area contributed by atoms with Crippen LogP contribution in [0.4, 0.5) is 0 Å². The van der Waals surface area contributed by atoms with Gasteiger partial charge in [0.25, 0.3) is 0 Å². The highest BCUT2D eigenvalue weighted by atomic mass is 16.5. The summed E-state index contributed by atoms with van der Waals surface area (Å²) in [5, 5.41) is 15.6. The number of ether oxygens (including phenoxy) is 1. The van der Waals surface area contributed by atoms with Crippen LogP contribution in [0.1, 0.15) is 65.0 Å². The van der Waals surface area contributed by atoms with E-state index in [9.17, 15) is 5.11 Å². The zero-order valence-electron chi connectivity index (χ0n) is 13.3. The average Bonchev–Trinajstić information content (AvgIpc) is 2.74. The van der Waals surface area contributed by atoms with Crippen LogP contribution in [-0.2, 0) is 12.1 Å². The second kappa shape index (κ2) is 5.76. The number of aryl methyl sites for hydroxylation is 1. The van der Waals surface area contributed by atoms with E-state index in [4.69, 9.17) is 4.74 Å². The van der Waals surface area contributed by atoms with Crippen molar-refractivity contribution < 1.29 is 9.84 Å². The van der Waals surface area contributed by atoms with Crippen LogP contribution >= 0.6 is 0 Å². The first kappa shape index (κ1) is 15.4. The summed E-state index contributed by atoms with van der Waals surface area (Å²) < 4.78 is 7.37. The highest BCUT2D eigenvalue weighted by molar-refractivity contribution is 5.31. The number of hydrogen-bond acceptors (Lipinski definition) is 3. The topological polar surface area (TPSA) is 47.3 Å². The van der Waals surface area contributed by atoms with Crippen molar-refractivity contribution in [3.05, 3.63) is 11.9 Å². The molecule has 2 rings (SSSR count). The highest BCUT2D eigenvalue weighted by Crippen LogP contribution is 2.45. The Morgan fingerprint density at radius 2 is 2.05 bits per heavy atom. The molecule has 114 valence electrons. The van der Waals surface area contributed by atoms with Crippen molar-refractivity contribution in [3.63, 3.8) is 0 Å². The van der Waals surface area contributed by atoms with Crippen molar-refractivity contribution in [1.29, 1.82) is 0 Å².